The number of hydrogen-bond acceptors (Lipinski definition) is 4. The van der Waals surface area contributed by atoms with Crippen molar-refractivity contribution in [3.63, 3.8) is 0 Å². The molecule has 5 heteroatoms. The first-order valence-electron chi connectivity index (χ1n) is 10.5. The molecule has 1 fully saturated rings. The van der Waals surface area contributed by atoms with E-state index >= 15 is 0 Å². The van der Waals surface area contributed by atoms with E-state index in [1.807, 2.05) is 25.1 Å². The molecular weight excluding hydrogens is 350 g/mol. The lowest BCUT2D eigenvalue weighted by molar-refractivity contribution is 0.0921. The first-order chi connectivity index (χ1) is 13.6. The zero-order chi connectivity index (χ0) is 19.5. The summed E-state index contributed by atoms with van der Waals surface area (Å²) in [6.07, 6.45) is 6.13. The Labute approximate surface area is 166 Å². The molecule has 1 saturated heterocycles. The van der Waals surface area contributed by atoms with Crippen LogP contribution in [0.4, 0.5) is 0 Å². The van der Waals surface area contributed by atoms with Crippen molar-refractivity contribution < 1.29 is 9.21 Å². The number of carbonyl (C=O) groups is 1. The number of rotatable bonds is 6. The van der Waals surface area contributed by atoms with Gasteiger partial charge in [0, 0.05) is 29.9 Å². The average Bonchev–Trinajstić information content (AvgIpc) is 3.12. The molecule has 4 rings (SSSR count). The highest BCUT2D eigenvalue weighted by Crippen LogP contribution is 2.24. The van der Waals surface area contributed by atoms with Crippen LogP contribution < -0.4 is 5.32 Å². The molecule has 3 aromatic rings. The van der Waals surface area contributed by atoms with Crippen LogP contribution in [0, 0.1) is 6.92 Å². The molecule has 1 atom stereocenters. The average molecular weight is 380 g/mol. The standard InChI is InChI=1S/C23H29N3O2/c1-3-19-7-4-5-11-26(19)12-6-10-24-22(27)21-15-18-14-17-9-8-16(2)13-20(17)25-23(18)28-21/h8-9,13-15,19H,3-7,10-12H2,1-2H3,(H,24,27)/t19-/m1/s1. The Balaban J connectivity index is 1.36. The van der Waals surface area contributed by atoms with Gasteiger partial charge >= 0.3 is 0 Å². The molecule has 0 aliphatic carbocycles. The number of fused-ring (bicyclic) bond motifs is 2. The molecule has 3 heterocycles. The van der Waals surface area contributed by atoms with Gasteiger partial charge in [0.05, 0.1) is 5.52 Å². The first-order valence-corrected chi connectivity index (χ1v) is 10.5. The normalized spacial score (nSPS) is 18.0. The van der Waals surface area contributed by atoms with Crippen molar-refractivity contribution in [2.24, 2.45) is 0 Å². The van der Waals surface area contributed by atoms with Gasteiger partial charge in [0.15, 0.2) is 5.76 Å². The van der Waals surface area contributed by atoms with E-state index in [0.717, 1.165) is 34.8 Å². The summed E-state index contributed by atoms with van der Waals surface area (Å²) >= 11 is 0. The van der Waals surface area contributed by atoms with Crippen molar-refractivity contribution in [2.45, 2.75) is 52.0 Å². The summed E-state index contributed by atoms with van der Waals surface area (Å²) < 4.78 is 5.73. The number of piperidine rings is 1. The van der Waals surface area contributed by atoms with Crippen LogP contribution in [0.2, 0.25) is 0 Å². The topological polar surface area (TPSA) is 58.4 Å². The summed E-state index contributed by atoms with van der Waals surface area (Å²) in [6.45, 7) is 7.21. The lowest BCUT2D eigenvalue weighted by atomic mass is 10.00. The quantitative estimate of drug-likeness (QED) is 0.632. The lowest BCUT2D eigenvalue weighted by Gasteiger charge is -2.35. The highest BCUT2D eigenvalue weighted by molar-refractivity contribution is 5.98. The molecule has 2 aromatic heterocycles. The van der Waals surface area contributed by atoms with E-state index < -0.39 is 0 Å². The number of nitrogens with zero attached hydrogens (tertiary/aromatic N) is 2. The van der Waals surface area contributed by atoms with Gasteiger partial charge in [-0.1, -0.05) is 25.5 Å². The number of nitrogens with one attached hydrogen (secondary N) is 1. The van der Waals surface area contributed by atoms with Crippen molar-refractivity contribution >= 4 is 27.9 Å². The summed E-state index contributed by atoms with van der Waals surface area (Å²) in [6, 6.07) is 10.7. The third-order valence-corrected chi connectivity index (χ3v) is 5.81. The number of carbonyl (C=O) groups excluding carboxylic acids is 1. The molecule has 148 valence electrons. The molecule has 5 nitrogen and oxygen atoms in total. The second-order valence-electron chi connectivity index (χ2n) is 7.89. The van der Waals surface area contributed by atoms with E-state index in [-0.39, 0.29) is 5.91 Å². The predicted octanol–water partition coefficient (Wildman–Crippen LogP) is 4.67. The van der Waals surface area contributed by atoms with Gasteiger partial charge in [0.25, 0.3) is 5.91 Å². The van der Waals surface area contributed by atoms with Gasteiger partial charge in [-0.05, 0) is 62.9 Å². The van der Waals surface area contributed by atoms with Gasteiger partial charge in [-0.2, -0.15) is 0 Å². The fourth-order valence-electron chi connectivity index (χ4n) is 4.24. The minimum absolute atomic E-state index is 0.163. The Bertz CT molecular complexity index is 979. The number of hydrogen-bond donors (Lipinski definition) is 1. The monoisotopic (exact) mass is 379 g/mol. The molecule has 1 amide bonds. The third-order valence-electron chi connectivity index (χ3n) is 5.81. The Kier molecular flexibility index (Phi) is 5.62. The molecule has 0 radical (unpaired) electrons. The second-order valence-corrected chi connectivity index (χ2v) is 7.89. The van der Waals surface area contributed by atoms with E-state index in [4.69, 9.17) is 4.42 Å². The Morgan fingerprint density at radius 1 is 1.25 bits per heavy atom. The van der Waals surface area contributed by atoms with Crippen molar-refractivity contribution in [1.82, 2.24) is 15.2 Å². The molecule has 0 saturated carbocycles. The fraction of sp³-hybridized carbons (Fsp3) is 0.478. The molecular formula is C23H29N3O2. The van der Waals surface area contributed by atoms with Crippen LogP contribution in [0.25, 0.3) is 22.0 Å². The smallest absolute Gasteiger partial charge is 0.287 e. The number of amides is 1. The van der Waals surface area contributed by atoms with Crippen molar-refractivity contribution in [3.05, 3.63) is 41.7 Å². The number of likely N-dealkylation sites (tertiary alicyclic amines) is 1. The number of aryl methyl sites for hydroxylation is 1. The Morgan fingerprint density at radius 2 is 2.14 bits per heavy atom. The van der Waals surface area contributed by atoms with E-state index in [9.17, 15) is 4.79 Å². The maximum absolute atomic E-state index is 12.5. The number of furan rings is 1. The molecule has 1 aliphatic rings. The molecule has 28 heavy (non-hydrogen) atoms. The minimum atomic E-state index is -0.163. The Morgan fingerprint density at radius 3 is 3.00 bits per heavy atom. The first kappa shape index (κ1) is 18.9. The van der Waals surface area contributed by atoms with Crippen LogP contribution >= 0.6 is 0 Å². The van der Waals surface area contributed by atoms with Crippen LogP contribution in [-0.4, -0.2) is 41.5 Å². The molecule has 0 bridgehead atoms. The van der Waals surface area contributed by atoms with E-state index in [1.165, 1.54) is 32.2 Å². The zero-order valence-corrected chi connectivity index (χ0v) is 16.8. The molecule has 0 spiro atoms. The SMILES string of the molecule is CC[C@@H]1CCCCN1CCCNC(=O)c1cc2cc3ccc(C)cc3nc2o1. The molecule has 1 N–H and O–H groups in total. The summed E-state index contributed by atoms with van der Waals surface area (Å²) in [5, 5.41) is 4.91. The number of benzene rings is 1. The molecule has 0 unspecified atom stereocenters. The van der Waals surface area contributed by atoms with Crippen molar-refractivity contribution in [1.29, 1.82) is 0 Å². The van der Waals surface area contributed by atoms with Gasteiger partial charge < -0.3 is 14.6 Å². The zero-order valence-electron chi connectivity index (χ0n) is 16.8. The van der Waals surface area contributed by atoms with Crippen molar-refractivity contribution in [3.8, 4) is 0 Å². The lowest BCUT2D eigenvalue weighted by Crippen LogP contribution is -2.40. The van der Waals surface area contributed by atoms with Crippen molar-refractivity contribution in [2.75, 3.05) is 19.6 Å². The van der Waals surface area contributed by atoms with E-state index in [0.29, 0.717) is 24.1 Å². The summed E-state index contributed by atoms with van der Waals surface area (Å²) in [5.74, 6) is 0.169. The van der Waals surface area contributed by atoms with Crippen LogP contribution in [0.1, 0.15) is 55.1 Å². The maximum Gasteiger partial charge on any atom is 0.287 e. The fourth-order valence-corrected chi connectivity index (χ4v) is 4.24. The van der Waals surface area contributed by atoms with Crippen LogP contribution in [0.5, 0.6) is 0 Å². The van der Waals surface area contributed by atoms with Gasteiger partial charge in [-0.3, -0.25) is 4.79 Å². The highest BCUT2D eigenvalue weighted by Gasteiger charge is 2.20. The third kappa shape index (κ3) is 4.04. The second kappa shape index (κ2) is 8.31. The number of pyridine rings is 1. The predicted molar refractivity (Wildman–Crippen MR) is 113 cm³/mol. The summed E-state index contributed by atoms with van der Waals surface area (Å²) in [7, 11) is 0. The van der Waals surface area contributed by atoms with E-state index in [1.54, 1.807) is 6.07 Å². The maximum atomic E-state index is 12.5. The van der Waals surface area contributed by atoms with Gasteiger partial charge in [0.1, 0.15) is 0 Å². The largest absolute Gasteiger partial charge is 0.433 e. The highest BCUT2D eigenvalue weighted by atomic mass is 16.4. The molecule has 1 aromatic carbocycles. The van der Waals surface area contributed by atoms with Crippen LogP contribution in [0.15, 0.2) is 34.7 Å². The van der Waals surface area contributed by atoms with Gasteiger partial charge in [-0.25, -0.2) is 4.98 Å². The number of aromatic nitrogens is 1. The minimum Gasteiger partial charge on any atom is -0.433 e. The van der Waals surface area contributed by atoms with Crippen LogP contribution in [-0.2, 0) is 0 Å². The summed E-state index contributed by atoms with van der Waals surface area (Å²) in [4.78, 5) is 19.6. The Hall–Kier alpha value is -2.40. The molecule has 1 aliphatic heterocycles. The van der Waals surface area contributed by atoms with Gasteiger partial charge in [-0.15, -0.1) is 0 Å². The van der Waals surface area contributed by atoms with E-state index in [2.05, 4.69) is 28.2 Å². The summed E-state index contributed by atoms with van der Waals surface area (Å²) in [5.41, 5.74) is 2.56. The van der Waals surface area contributed by atoms with Crippen LogP contribution in [0.3, 0.4) is 0 Å². The van der Waals surface area contributed by atoms with Gasteiger partial charge in [0.2, 0.25) is 5.71 Å².